The molecule has 2 fully saturated rings. The zero-order valence-corrected chi connectivity index (χ0v) is 14.7. The number of hydrogen-bond acceptors (Lipinski definition) is 0. The van der Waals surface area contributed by atoms with Crippen molar-refractivity contribution in [3.63, 3.8) is 0 Å². The first kappa shape index (κ1) is 16.9. The predicted octanol–water partition coefficient (Wildman–Crippen LogP) is 7.18. The first-order chi connectivity index (χ1) is 11.9. The van der Waals surface area contributed by atoms with Gasteiger partial charge in [0.25, 0.3) is 0 Å². The molecular formula is C22H25F3. The maximum Gasteiger partial charge on any atom is 0.416 e. The lowest BCUT2D eigenvalue weighted by Gasteiger charge is -2.41. The molecule has 0 aromatic heterocycles. The Bertz CT molecular complexity index is 761. The van der Waals surface area contributed by atoms with Gasteiger partial charge >= 0.3 is 6.18 Å². The average Bonchev–Trinajstić information content (AvgIpc) is 2.59. The van der Waals surface area contributed by atoms with Crippen LogP contribution in [0.3, 0.4) is 0 Å². The molecule has 2 unspecified atom stereocenters. The molecule has 0 bridgehead atoms. The molecule has 0 radical (unpaired) electrons. The van der Waals surface area contributed by atoms with Gasteiger partial charge in [-0.1, -0.05) is 37.6 Å². The molecule has 2 aliphatic rings. The standard InChI is InChI=1S/C22H25F3/c1-14-2-3-16-11-17(5-4-15(16)10-14)18-6-7-20-13-21(22(23,24)25)9-8-19(20)12-18/h6-9,12-17H,2-5,10-11H2,1H3/t14-,15?,16-,17?/m1/s1. The van der Waals surface area contributed by atoms with E-state index in [4.69, 9.17) is 0 Å². The predicted molar refractivity (Wildman–Crippen MR) is 95.5 cm³/mol. The Balaban J connectivity index is 1.56. The lowest BCUT2D eigenvalue weighted by atomic mass is 9.64. The first-order valence-corrected chi connectivity index (χ1v) is 9.51. The summed E-state index contributed by atoms with van der Waals surface area (Å²) in [6, 6.07) is 10.1. The Morgan fingerprint density at radius 1 is 0.800 bits per heavy atom. The molecule has 2 aromatic carbocycles. The van der Waals surface area contributed by atoms with Crippen molar-refractivity contribution >= 4 is 10.8 Å². The molecule has 134 valence electrons. The molecule has 0 spiro atoms. The smallest absolute Gasteiger partial charge is 0.166 e. The molecule has 4 atom stereocenters. The van der Waals surface area contributed by atoms with Crippen LogP contribution in [0.25, 0.3) is 10.8 Å². The van der Waals surface area contributed by atoms with E-state index in [1.54, 1.807) is 6.07 Å². The fraction of sp³-hybridized carbons (Fsp3) is 0.545. The molecule has 2 aliphatic carbocycles. The second-order valence-electron chi connectivity index (χ2n) is 8.27. The third-order valence-corrected chi connectivity index (χ3v) is 6.54. The van der Waals surface area contributed by atoms with Crippen LogP contribution < -0.4 is 0 Å². The second kappa shape index (κ2) is 6.34. The Kier molecular flexibility index (Phi) is 4.29. The van der Waals surface area contributed by atoms with Crippen molar-refractivity contribution < 1.29 is 13.2 Å². The minimum atomic E-state index is -4.27. The summed E-state index contributed by atoms with van der Waals surface area (Å²) in [7, 11) is 0. The Morgan fingerprint density at radius 3 is 2.28 bits per heavy atom. The quantitative estimate of drug-likeness (QED) is 0.513. The molecule has 0 aliphatic heterocycles. The Labute approximate surface area is 147 Å². The van der Waals surface area contributed by atoms with E-state index in [2.05, 4.69) is 19.1 Å². The van der Waals surface area contributed by atoms with Gasteiger partial charge in [-0.25, -0.2) is 0 Å². The van der Waals surface area contributed by atoms with Crippen molar-refractivity contribution in [1.29, 1.82) is 0 Å². The highest BCUT2D eigenvalue weighted by Gasteiger charge is 2.35. The number of hydrogen-bond donors (Lipinski definition) is 0. The van der Waals surface area contributed by atoms with Crippen molar-refractivity contribution in [2.24, 2.45) is 17.8 Å². The number of halogens is 3. The first-order valence-electron chi connectivity index (χ1n) is 9.51. The Hall–Kier alpha value is -1.51. The van der Waals surface area contributed by atoms with E-state index in [1.807, 2.05) is 6.07 Å². The third kappa shape index (κ3) is 3.43. The van der Waals surface area contributed by atoms with Crippen LogP contribution in [0, 0.1) is 17.8 Å². The van der Waals surface area contributed by atoms with E-state index in [0.717, 1.165) is 23.1 Å². The molecule has 3 heteroatoms. The summed E-state index contributed by atoms with van der Waals surface area (Å²) < 4.78 is 38.6. The van der Waals surface area contributed by atoms with Gasteiger partial charge in [0.1, 0.15) is 0 Å². The minimum absolute atomic E-state index is 0.565. The highest BCUT2D eigenvalue weighted by Crippen LogP contribution is 2.47. The topological polar surface area (TPSA) is 0 Å². The maximum atomic E-state index is 12.9. The van der Waals surface area contributed by atoms with Crippen LogP contribution in [0.1, 0.15) is 62.5 Å². The van der Waals surface area contributed by atoms with Gasteiger partial charge in [-0.15, -0.1) is 0 Å². The highest BCUT2D eigenvalue weighted by molar-refractivity contribution is 5.84. The number of fused-ring (bicyclic) bond motifs is 2. The van der Waals surface area contributed by atoms with Crippen molar-refractivity contribution in [3.05, 3.63) is 47.5 Å². The largest absolute Gasteiger partial charge is 0.416 e. The summed E-state index contributed by atoms with van der Waals surface area (Å²) in [5.74, 6) is 3.19. The molecule has 2 saturated carbocycles. The van der Waals surface area contributed by atoms with E-state index in [0.29, 0.717) is 11.3 Å². The third-order valence-electron chi connectivity index (χ3n) is 6.54. The lowest BCUT2D eigenvalue weighted by molar-refractivity contribution is -0.137. The van der Waals surface area contributed by atoms with Gasteiger partial charge in [0, 0.05) is 0 Å². The Morgan fingerprint density at radius 2 is 1.48 bits per heavy atom. The van der Waals surface area contributed by atoms with Gasteiger partial charge in [0.15, 0.2) is 0 Å². The molecule has 0 amide bonds. The minimum Gasteiger partial charge on any atom is -0.166 e. The van der Waals surface area contributed by atoms with Crippen LogP contribution in [-0.2, 0) is 6.18 Å². The fourth-order valence-electron chi connectivity index (χ4n) is 5.12. The molecule has 0 saturated heterocycles. The van der Waals surface area contributed by atoms with Crippen LogP contribution in [0.4, 0.5) is 13.2 Å². The van der Waals surface area contributed by atoms with Crippen LogP contribution in [0.2, 0.25) is 0 Å². The number of rotatable bonds is 1. The lowest BCUT2D eigenvalue weighted by Crippen LogP contribution is -2.29. The van der Waals surface area contributed by atoms with Crippen molar-refractivity contribution in [1.82, 2.24) is 0 Å². The molecule has 2 aromatic rings. The fourth-order valence-corrected chi connectivity index (χ4v) is 5.12. The average molecular weight is 346 g/mol. The number of alkyl halides is 3. The monoisotopic (exact) mass is 346 g/mol. The van der Waals surface area contributed by atoms with Gasteiger partial charge in [-0.2, -0.15) is 13.2 Å². The van der Waals surface area contributed by atoms with Gasteiger partial charge in [-0.3, -0.25) is 0 Å². The summed E-state index contributed by atoms with van der Waals surface area (Å²) in [5.41, 5.74) is 0.744. The summed E-state index contributed by atoms with van der Waals surface area (Å²) >= 11 is 0. The van der Waals surface area contributed by atoms with Gasteiger partial charge < -0.3 is 0 Å². The summed E-state index contributed by atoms with van der Waals surface area (Å²) in [6.07, 6.45) is 3.60. The molecule has 0 N–H and O–H groups in total. The molecule has 0 heterocycles. The summed E-state index contributed by atoms with van der Waals surface area (Å²) in [6.45, 7) is 2.38. The summed E-state index contributed by atoms with van der Waals surface area (Å²) in [5, 5.41) is 1.60. The molecule has 4 rings (SSSR count). The van der Waals surface area contributed by atoms with E-state index in [9.17, 15) is 13.2 Å². The van der Waals surface area contributed by atoms with E-state index < -0.39 is 11.7 Å². The van der Waals surface area contributed by atoms with Gasteiger partial charge in [0.05, 0.1) is 5.56 Å². The van der Waals surface area contributed by atoms with Crippen molar-refractivity contribution in [3.8, 4) is 0 Å². The van der Waals surface area contributed by atoms with Crippen molar-refractivity contribution in [2.75, 3.05) is 0 Å². The van der Waals surface area contributed by atoms with E-state index >= 15 is 0 Å². The summed E-state index contributed by atoms with van der Waals surface area (Å²) in [4.78, 5) is 0. The maximum absolute atomic E-state index is 12.9. The normalized spacial score (nSPS) is 30.2. The highest BCUT2D eigenvalue weighted by atomic mass is 19.4. The van der Waals surface area contributed by atoms with Crippen LogP contribution >= 0.6 is 0 Å². The van der Waals surface area contributed by atoms with Gasteiger partial charge in [-0.05, 0) is 84.2 Å². The molecule has 0 nitrogen and oxygen atoms in total. The SMILES string of the molecule is C[C@@H]1CC[C@@H]2CC(c3ccc4cc(C(F)(F)F)ccc4c3)CCC2C1. The zero-order chi connectivity index (χ0) is 17.6. The molecule has 25 heavy (non-hydrogen) atoms. The second-order valence-corrected chi connectivity index (χ2v) is 8.27. The van der Waals surface area contributed by atoms with Crippen LogP contribution in [0.5, 0.6) is 0 Å². The number of benzene rings is 2. The zero-order valence-electron chi connectivity index (χ0n) is 14.7. The van der Waals surface area contributed by atoms with Gasteiger partial charge in [0.2, 0.25) is 0 Å². The van der Waals surface area contributed by atoms with E-state index in [-0.39, 0.29) is 0 Å². The van der Waals surface area contributed by atoms with Crippen LogP contribution in [-0.4, -0.2) is 0 Å². The van der Waals surface area contributed by atoms with Crippen LogP contribution in [0.15, 0.2) is 36.4 Å². The van der Waals surface area contributed by atoms with E-state index in [1.165, 1.54) is 56.2 Å². The molecular weight excluding hydrogens is 321 g/mol. The van der Waals surface area contributed by atoms with Crippen molar-refractivity contribution in [2.45, 2.75) is 57.5 Å².